The molecule has 3 atom stereocenters. The minimum Gasteiger partial charge on any atom is -0.508 e. The van der Waals surface area contributed by atoms with Crippen LogP contribution in [-0.2, 0) is 16.6 Å². The fourth-order valence-electron chi connectivity index (χ4n) is 6.54. The van der Waals surface area contributed by atoms with Gasteiger partial charge < -0.3 is 19.8 Å². The number of carbonyl (C=O) groups excluding carboxylic acids is 1. The van der Waals surface area contributed by atoms with Crippen molar-refractivity contribution >= 4 is 5.91 Å². The molecule has 5 nitrogen and oxygen atoms in total. The van der Waals surface area contributed by atoms with Crippen LogP contribution in [0.25, 0.3) is 0 Å². The number of amides is 1. The van der Waals surface area contributed by atoms with Gasteiger partial charge in [-0.05, 0) is 75.5 Å². The highest BCUT2D eigenvalue weighted by Crippen LogP contribution is 2.47. The van der Waals surface area contributed by atoms with Crippen molar-refractivity contribution in [2.24, 2.45) is 11.3 Å². The van der Waals surface area contributed by atoms with Gasteiger partial charge in [-0.25, -0.2) is 0 Å². The summed E-state index contributed by atoms with van der Waals surface area (Å²) in [5, 5.41) is 10.2. The standard InChI is InChI=1S/C26H41N3O2/c1-25(2,3)24(31)29-12-9-18(10-13-29)17-28(6)23-22-15-19-7-8-20(30)16-21(19)26(23,4)11-14-27(22)5/h7-8,16,18,22-23,30H,9-15,17H2,1-6H3. The Hall–Kier alpha value is -1.59. The van der Waals surface area contributed by atoms with E-state index >= 15 is 0 Å². The first-order chi connectivity index (χ1) is 14.5. The normalized spacial score (nSPS) is 29.8. The monoisotopic (exact) mass is 427 g/mol. The average molecular weight is 428 g/mol. The lowest BCUT2D eigenvalue weighted by atomic mass is 9.61. The summed E-state index contributed by atoms with van der Waals surface area (Å²) >= 11 is 0. The summed E-state index contributed by atoms with van der Waals surface area (Å²) < 4.78 is 0. The van der Waals surface area contributed by atoms with Crippen LogP contribution in [0.3, 0.4) is 0 Å². The van der Waals surface area contributed by atoms with E-state index in [4.69, 9.17) is 0 Å². The number of likely N-dealkylation sites (N-methyl/N-ethyl adjacent to an activating group) is 2. The van der Waals surface area contributed by atoms with Gasteiger partial charge in [-0.3, -0.25) is 4.79 Å². The zero-order valence-electron chi connectivity index (χ0n) is 20.3. The molecular formula is C26H41N3O2. The third-order valence-corrected chi connectivity index (χ3v) is 8.27. The topological polar surface area (TPSA) is 47.0 Å². The Morgan fingerprint density at radius 3 is 2.55 bits per heavy atom. The Kier molecular flexibility index (Phi) is 5.89. The van der Waals surface area contributed by atoms with Gasteiger partial charge in [-0.1, -0.05) is 33.8 Å². The Balaban J connectivity index is 1.48. The SMILES string of the molecule is CN1CCC2(C)c3cc(O)ccc3CC1C2N(C)CC1CCN(C(=O)C(C)(C)C)CC1. The number of fused-ring (bicyclic) bond motifs is 4. The van der Waals surface area contributed by atoms with E-state index in [0.29, 0.717) is 23.8 Å². The Morgan fingerprint density at radius 1 is 1.23 bits per heavy atom. The number of piperidine rings is 2. The molecule has 1 aliphatic carbocycles. The lowest BCUT2D eigenvalue weighted by Crippen LogP contribution is -2.66. The van der Waals surface area contributed by atoms with Crippen LogP contribution in [0.15, 0.2) is 18.2 Å². The summed E-state index contributed by atoms with van der Waals surface area (Å²) in [6, 6.07) is 6.94. The third kappa shape index (κ3) is 4.11. The van der Waals surface area contributed by atoms with Crippen LogP contribution >= 0.6 is 0 Å². The van der Waals surface area contributed by atoms with Crippen molar-refractivity contribution in [3.05, 3.63) is 29.3 Å². The number of likely N-dealkylation sites (tertiary alicyclic amines) is 2. The van der Waals surface area contributed by atoms with Crippen LogP contribution in [0.1, 0.15) is 58.1 Å². The van der Waals surface area contributed by atoms with Crippen LogP contribution in [0, 0.1) is 11.3 Å². The molecular weight excluding hydrogens is 386 g/mol. The summed E-state index contributed by atoms with van der Waals surface area (Å²) in [6.07, 6.45) is 4.35. The fourth-order valence-corrected chi connectivity index (χ4v) is 6.54. The maximum atomic E-state index is 12.6. The summed E-state index contributed by atoms with van der Waals surface area (Å²) in [5.74, 6) is 1.30. The highest BCUT2D eigenvalue weighted by Gasteiger charge is 2.51. The molecule has 0 spiro atoms. The lowest BCUT2D eigenvalue weighted by Gasteiger charge is -2.58. The number of rotatable bonds is 3. The number of carbonyl (C=O) groups is 1. The minimum absolute atomic E-state index is 0.0567. The van der Waals surface area contributed by atoms with Gasteiger partial charge in [0.05, 0.1) is 0 Å². The number of aromatic hydroxyl groups is 1. The fraction of sp³-hybridized carbons (Fsp3) is 0.731. The van der Waals surface area contributed by atoms with E-state index in [1.807, 2.05) is 32.9 Å². The van der Waals surface area contributed by atoms with Crippen molar-refractivity contribution in [2.45, 2.75) is 70.9 Å². The molecule has 3 aliphatic rings. The number of benzene rings is 1. The van der Waals surface area contributed by atoms with E-state index in [-0.39, 0.29) is 16.7 Å². The quantitative estimate of drug-likeness (QED) is 0.802. The van der Waals surface area contributed by atoms with Crippen molar-refractivity contribution < 1.29 is 9.90 Å². The summed E-state index contributed by atoms with van der Waals surface area (Å²) in [6.45, 7) is 12.4. The molecule has 0 aromatic heterocycles. The molecule has 2 fully saturated rings. The van der Waals surface area contributed by atoms with Crippen molar-refractivity contribution in [3.63, 3.8) is 0 Å². The van der Waals surface area contributed by atoms with Crippen molar-refractivity contribution in [2.75, 3.05) is 40.3 Å². The number of nitrogens with zero attached hydrogens (tertiary/aromatic N) is 3. The van der Waals surface area contributed by atoms with E-state index in [1.54, 1.807) is 0 Å². The van der Waals surface area contributed by atoms with Gasteiger partial charge in [0.15, 0.2) is 0 Å². The van der Waals surface area contributed by atoms with E-state index in [0.717, 1.165) is 51.9 Å². The second-order valence-corrected chi connectivity index (χ2v) is 11.6. The smallest absolute Gasteiger partial charge is 0.227 e. The minimum atomic E-state index is -0.290. The lowest BCUT2D eigenvalue weighted by molar-refractivity contribution is -0.141. The predicted molar refractivity (Wildman–Crippen MR) is 125 cm³/mol. The molecule has 2 aliphatic heterocycles. The van der Waals surface area contributed by atoms with Gasteiger partial charge in [0.25, 0.3) is 0 Å². The van der Waals surface area contributed by atoms with Crippen molar-refractivity contribution in [1.82, 2.24) is 14.7 Å². The maximum Gasteiger partial charge on any atom is 0.227 e. The molecule has 2 heterocycles. The second kappa shape index (κ2) is 8.08. The van der Waals surface area contributed by atoms with Crippen LogP contribution in [0.2, 0.25) is 0 Å². The Labute approximate surface area is 188 Å². The van der Waals surface area contributed by atoms with E-state index in [2.05, 4.69) is 41.8 Å². The molecule has 0 radical (unpaired) electrons. The third-order valence-electron chi connectivity index (χ3n) is 8.27. The first-order valence-electron chi connectivity index (χ1n) is 12.0. The molecule has 172 valence electrons. The first kappa shape index (κ1) is 22.6. The van der Waals surface area contributed by atoms with Gasteiger partial charge in [0.2, 0.25) is 5.91 Å². The largest absolute Gasteiger partial charge is 0.508 e. The molecule has 31 heavy (non-hydrogen) atoms. The van der Waals surface area contributed by atoms with Crippen LogP contribution in [0.5, 0.6) is 5.75 Å². The zero-order valence-corrected chi connectivity index (χ0v) is 20.3. The number of hydrogen-bond acceptors (Lipinski definition) is 4. The van der Waals surface area contributed by atoms with E-state index in [9.17, 15) is 9.90 Å². The Morgan fingerprint density at radius 2 is 1.90 bits per heavy atom. The summed E-state index contributed by atoms with van der Waals surface area (Å²) in [5.41, 5.74) is 2.51. The van der Waals surface area contributed by atoms with Crippen molar-refractivity contribution in [3.8, 4) is 5.75 Å². The highest BCUT2D eigenvalue weighted by molar-refractivity contribution is 5.81. The second-order valence-electron chi connectivity index (χ2n) is 11.6. The molecule has 2 saturated heterocycles. The predicted octanol–water partition coefficient (Wildman–Crippen LogP) is 3.50. The van der Waals surface area contributed by atoms with Gasteiger partial charge in [-0.2, -0.15) is 0 Å². The zero-order chi connectivity index (χ0) is 22.6. The number of hydrogen-bond donors (Lipinski definition) is 1. The van der Waals surface area contributed by atoms with Gasteiger partial charge in [-0.15, -0.1) is 0 Å². The Bertz CT molecular complexity index is 824. The molecule has 0 saturated carbocycles. The van der Waals surface area contributed by atoms with E-state index in [1.165, 1.54) is 11.1 Å². The molecule has 5 heteroatoms. The maximum absolute atomic E-state index is 12.6. The van der Waals surface area contributed by atoms with Gasteiger partial charge >= 0.3 is 0 Å². The molecule has 1 aromatic carbocycles. The number of phenols is 1. The highest BCUT2D eigenvalue weighted by atomic mass is 16.3. The van der Waals surface area contributed by atoms with E-state index < -0.39 is 0 Å². The summed E-state index contributed by atoms with van der Waals surface area (Å²) in [7, 11) is 4.57. The van der Waals surface area contributed by atoms with Crippen molar-refractivity contribution in [1.29, 1.82) is 0 Å². The van der Waals surface area contributed by atoms with Crippen LogP contribution < -0.4 is 0 Å². The molecule has 2 bridgehead atoms. The average Bonchev–Trinajstić information content (AvgIpc) is 2.71. The molecule has 1 N–H and O–H groups in total. The van der Waals surface area contributed by atoms with Crippen LogP contribution in [-0.4, -0.2) is 78.1 Å². The molecule has 4 rings (SSSR count). The van der Waals surface area contributed by atoms with Gasteiger partial charge in [0, 0.05) is 42.5 Å². The summed E-state index contributed by atoms with van der Waals surface area (Å²) in [4.78, 5) is 19.9. The van der Waals surface area contributed by atoms with Crippen LogP contribution in [0.4, 0.5) is 0 Å². The molecule has 1 amide bonds. The number of phenolic OH excluding ortho intramolecular Hbond substituents is 1. The molecule has 1 aromatic rings. The van der Waals surface area contributed by atoms with Gasteiger partial charge in [0.1, 0.15) is 5.75 Å². The molecule has 3 unspecified atom stereocenters. The first-order valence-corrected chi connectivity index (χ1v) is 12.0.